The standard InChI is InChI=1S/C14H21N3O3/c1-2-7-20-13-9-15-8-12(17-13)16-11-6-4-3-5-10(11)14(18)19/h8-11H,2-7H2,1H3,(H,16,17)(H,18,19). The van der Waals surface area contributed by atoms with Crippen LogP contribution in [0.2, 0.25) is 0 Å². The summed E-state index contributed by atoms with van der Waals surface area (Å²) in [5.74, 6) is -0.0457. The van der Waals surface area contributed by atoms with Crippen molar-refractivity contribution in [2.24, 2.45) is 5.92 Å². The third kappa shape index (κ3) is 3.82. The van der Waals surface area contributed by atoms with Crippen molar-refractivity contribution in [3.63, 3.8) is 0 Å². The Bertz CT molecular complexity index is 453. The van der Waals surface area contributed by atoms with Crippen LogP contribution >= 0.6 is 0 Å². The molecule has 1 aromatic rings. The van der Waals surface area contributed by atoms with E-state index in [0.29, 0.717) is 24.7 Å². The van der Waals surface area contributed by atoms with Crippen molar-refractivity contribution >= 4 is 11.8 Å². The summed E-state index contributed by atoms with van der Waals surface area (Å²) in [5, 5.41) is 12.5. The third-order valence-corrected chi connectivity index (χ3v) is 3.48. The second-order valence-electron chi connectivity index (χ2n) is 5.07. The number of hydrogen-bond donors (Lipinski definition) is 2. The van der Waals surface area contributed by atoms with Gasteiger partial charge in [0.05, 0.1) is 24.9 Å². The summed E-state index contributed by atoms with van der Waals surface area (Å²) in [6.45, 7) is 2.62. The largest absolute Gasteiger partial charge is 0.481 e. The Morgan fingerprint density at radius 3 is 3.00 bits per heavy atom. The van der Waals surface area contributed by atoms with Crippen molar-refractivity contribution in [1.29, 1.82) is 0 Å². The Kier molecular flexibility index (Phi) is 5.15. The molecule has 0 spiro atoms. The molecular weight excluding hydrogens is 258 g/mol. The molecule has 0 aromatic carbocycles. The van der Waals surface area contributed by atoms with E-state index in [9.17, 15) is 9.90 Å². The van der Waals surface area contributed by atoms with Gasteiger partial charge in [-0.1, -0.05) is 19.8 Å². The van der Waals surface area contributed by atoms with Crippen LogP contribution in [0.4, 0.5) is 5.82 Å². The number of carboxylic acids is 1. The second kappa shape index (κ2) is 7.07. The van der Waals surface area contributed by atoms with Gasteiger partial charge < -0.3 is 15.2 Å². The SMILES string of the molecule is CCCOc1cncc(NC2CCCCC2C(=O)O)n1. The van der Waals surface area contributed by atoms with Crippen LogP contribution < -0.4 is 10.1 Å². The Balaban J connectivity index is 2.02. The number of ether oxygens (including phenoxy) is 1. The van der Waals surface area contributed by atoms with Crippen LogP contribution in [-0.4, -0.2) is 33.7 Å². The molecule has 6 heteroatoms. The number of rotatable bonds is 6. The smallest absolute Gasteiger partial charge is 0.308 e. The molecule has 2 rings (SSSR count). The fraction of sp³-hybridized carbons (Fsp3) is 0.643. The van der Waals surface area contributed by atoms with E-state index in [1.54, 1.807) is 12.4 Å². The summed E-state index contributed by atoms with van der Waals surface area (Å²) >= 11 is 0. The van der Waals surface area contributed by atoms with E-state index in [4.69, 9.17) is 4.74 Å². The molecule has 0 bridgehead atoms. The molecule has 2 N–H and O–H groups in total. The molecule has 0 amide bonds. The van der Waals surface area contributed by atoms with E-state index in [-0.39, 0.29) is 12.0 Å². The molecule has 20 heavy (non-hydrogen) atoms. The molecule has 1 saturated carbocycles. The van der Waals surface area contributed by atoms with Gasteiger partial charge in [0.15, 0.2) is 0 Å². The first kappa shape index (κ1) is 14.6. The first-order chi connectivity index (χ1) is 9.70. The van der Waals surface area contributed by atoms with Gasteiger partial charge in [0, 0.05) is 6.04 Å². The molecule has 2 unspecified atom stereocenters. The minimum absolute atomic E-state index is 0.0861. The van der Waals surface area contributed by atoms with Crippen molar-refractivity contribution in [3.05, 3.63) is 12.4 Å². The van der Waals surface area contributed by atoms with E-state index in [1.807, 2.05) is 6.92 Å². The van der Waals surface area contributed by atoms with Crippen LogP contribution in [-0.2, 0) is 4.79 Å². The van der Waals surface area contributed by atoms with Crippen LogP contribution in [0.3, 0.4) is 0 Å². The second-order valence-corrected chi connectivity index (χ2v) is 5.07. The number of carbonyl (C=O) groups is 1. The summed E-state index contributed by atoms with van der Waals surface area (Å²) in [4.78, 5) is 19.6. The van der Waals surface area contributed by atoms with Crippen LogP contribution in [0.5, 0.6) is 5.88 Å². The number of nitrogens with one attached hydrogen (secondary N) is 1. The predicted molar refractivity (Wildman–Crippen MR) is 74.8 cm³/mol. The summed E-state index contributed by atoms with van der Waals surface area (Å²) in [5.41, 5.74) is 0. The van der Waals surface area contributed by atoms with Crippen molar-refractivity contribution in [2.45, 2.75) is 45.1 Å². The Labute approximate surface area is 118 Å². The molecule has 0 saturated heterocycles. The van der Waals surface area contributed by atoms with Crippen LogP contribution in [0, 0.1) is 5.92 Å². The lowest BCUT2D eigenvalue weighted by Crippen LogP contribution is -2.37. The molecule has 1 aliphatic carbocycles. The van der Waals surface area contributed by atoms with E-state index < -0.39 is 5.97 Å². The van der Waals surface area contributed by atoms with Gasteiger partial charge in [-0.2, -0.15) is 4.98 Å². The lowest BCUT2D eigenvalue weighted by atomic mass is 9.84. The molecule has 1 aromatic heterocycles. The number of carboxylic acid groups (broad SMARTS) is 1. The zero-order chi connectivity index (χ0) is 14.4. The van der Waals surface area contributed by atoms with E-state index >= 15 is 0 Å². The van der Waals surface area contributed by atoms with E-state index in [2.05, 4.69) is 15.3 Å². The van der Waals surface area contributed by atoms with Crippen molar-refractivity contribution in [3.8, 4) is 5.88 Å². The van der Waals surface area contributed by atoms with E-state index in [1.165, 1.54) is 0 Å². The van der Waals surface area contributed by atoms with Crippen LogP contribution in [0.25, 0.3) is 0 Å². The van der Waals surface area contributed by atoms with Crippen LogP contribution in [0.15, 0.2) is 12.4 Å². The lowest BCUT2D eigenvalue weighted by Gasteiger charge is -2.29. The summed E-state index contributed by atoms with van der Waals surface area (Å²) in [6, 6.07) is -0.0861. The summed E-state index contributed by atoms with van der Waals surface area (Å²) in [7, 11) is 0. The Morgan fingerprint density at radius 2 is 2.25 bits per heavy atom. The topological polar surface area (TPSA) is 84.3 Å². The van der Waals surface area contributed by atoms with Gasteiger partial charge in [-0.3, -0.25) is 9.78 Å². The van der Waals surface area contributed by atoms with Gasteiger partial charge in [-0.25, -0.2) is 0 Å². The Morgan fingerprint density at radius 1 is 1.45 bits per heavy atom. The zero-order valence-electron chi connectivity index (χ0n) is 11.7. The molecule has 1 aliphatic rings. The zero-order valence-corrected chi connectivity index (χ0v) is 11.7. The number of hydrogen-bond acceptors (Lipinski definition) is 5. The highest BCUT2D eigenvalue weighted by Crippen LogP contribution is 2.27. The number of nitrogens with zero attached hydrogens (tertiary/aromatic N) is 2. The molecule has 1 heterocycles. The predicted octanol–water partition coefficient (Wildman–Crippen LogP) is 2.32. The average molecular weight is 279 g/mol. The number of aromatic nitrogens is 2. The minimum Gasteiger partial charge on any atom is -0.481 e. The molecule has 1 fully saturated rings. The quantitative estimate of drug-likeness (QED) is 0.831. The molecule has 0 radical (unpaired) electrons. The highest BCUT2D eigenvalue weighted by molar-refractivity contribution is 5.71. The third-order valence-electron chi connectivity index (χ3n) is 3.48. The monoisotopic (exact) mass is 279 g/mol. The van der Waals surface area contributed by atoms with Crippen molar-refractivity contribution < 1.29 is 14.6 Å². The van der Waals surface area contributed by atoms with Gasteiger partial charge in [0.1, 0.15) is 5.82 Å². The first-order valence-electron chi connectivity index (χ1n) is 7.15. The van der Waals surface area contributed by atoms with Crippen molar-refractivity contribution in [2.75, 3.05) is 11.9 Å². The average Bonchev–Trinajstić information content (AvgIpc) is 2.46. The van der Waals surface area contributed by atoms with Gasteiger partial charge >= 0.3 is 5.97 Å². The molecule has 0 aliphatic heterocycles. The van der Waals surface area contributed by atoms with Crippen molar-refractivity contribution in [1.82, 2.24) is 9.97 Å². The highest BCUT2D eigenvalue weighted by Gasteiger charge is 2.30. The minimum atomic E-state index is -0.742. The Hall–Kier alpha value is -1.85. The number of anilines is 1. The normalized spacial score (nSPS) is 22.2. The maximum Gasteiger partial charge on any atom is 0.308 e. The highest BCUT2D eigenvalue weighted by atomic mass is 16.5. The van der Waals surface area contributed by atoms with Gasteiger partial charge in [0.25, 0.3) is 0 Å². The maximum atomic E-state index is 11.3. The summed E-state index contributed by atoms with van der Waals surface area (Å²) in [6.07, 6.45) is 7.65. The first-order valence-corrected chi connectivity index (χ1v) is 7.15. The fourth-order valence-electron chi connectivity index (χ4n) is 2.48. The van der Waals surface area contributed by atoms with E-state index in [0.717, 1.165) is 25.7 Å². The maximum absolute atomic E-state index is 11.3. The fourth-order valence-corrected chi connectivity index (χ4v) is 2.48. The van der Waals surface area contributed by atoms with Gasteiger partial charge in [0.2, 0.25) is 5.88 Å². The molecule has 2 atom stereocenters. The van der Waals surface area contributed by atoms with Gasteiger partial charge in [-0.05, 0) is 19.3 Å². The molecule has 6 nitrogen and oxygen atoms in total. The summed E-state index contributed by atoms with van der Waals surface area (Å²) < 4.78 is 5.43. The molecule has 110 valence electrons. The van der Waals surface area contributed by atoms with Gasteiger partial charge in [-0.15, -0.1) is 0 Å². The lowest BCUT2D eigenvalue weighted by molar-refractivity contribution is -0.143. The molecular formula is C14H21N3O3. The number of aliphatic carboxylic acids is 1. The van der Waals surface area contributed by atoms with Crippen LogP contribution in [0.1, 0.15) is 39.0 Å².